The fourth-order valence-electron chi connectivity index (χ4n) is 5.39. The molecule has 2 fully saturated rings. The molecule has 1 N–H and O–H groups in total. The number of ether oxygens (including phenoxy) is 2. The molecule has 1 saturated carbocycles. The monoisotopic (exact) mass is 425 g/mol. The topological polar surface area (TPSA) is 67.5 Å². The SMILES string of the molecule is CCc1cn[nH]c1[C@H]1CCCN(C(=O)OC)[C@H]1COC1CCC(c2ccccc2)CC1. The number of carbonyl (C=O) groups is 1. The molecule has 1 aromatic heterocycles. The summed E-state index contributed by atoms with van der Waals surface area (Å²) in [5.74, 6) is 0.832. The molecule has 0 bridgehead atoms. The largest absolute Gasteiger partial charge is 0.453 e. The van der Waals surface area contributed by atoms with Crippen molar-refractivity contribution in [2.75, 3.05) is 20.3 Å². The maximum absolute atomic E-state index is 12.5. The quantitative estimate of drug-likeness (QED) is 0.705. The van der Waals surface area contributed by atoms with Crippen LogP contribution < -0.4 is 0 Å². The van der Waals surface area contributed by atoms with Crippen LogP contribution in [0.25, 0.3) is 0 Å². The standard InChI is InChI=1S/C25H35N3O3/c1-3-18-16-26-27-24(18)22-10-7-15-28(25(29)30-2)23(22)17-31-21-13-11-20(12-14-21)19-8-5-4-6-9-19/h4-6,8-9,16,20-23H,3,7,10-15,17H2,1-2H3,(H,26,27)/t20?,21?,22-,23-/m0/s1. The molecule has 6 heteroatoms. The minimum atomic E-state index is -0.261. The van der Waals surface area contributed by atoms with Gasteiger partial charge in [0, 0.05) is 18.2 Å². The van der Waals surface area contributed by atoms with Gasteiger partial charge in [-0.15, -0.1) is 0 Å². The summed E-state index contributed by atoms with van der Waals surface area (Å²) >= 11 is 0. The molecule has 1 aromatic carbocycles. The second-order valence-electron chi connectivity index (χ2n) is 8.86. The Kier molecular flexibility index (Phi) is 7.28. The van der Waals surface area contributed by atoms with E-state index in [0.717, 1.165) is 50.6 Å². The highest BCUT2D eigenvalue weighted by Gasteiger charge is 2.38. The molecule has 0 spiro atoms. The number of aromatic nitrogens is 2. The van der Waals surface area contributed by atoms with Crippen LogP contribution in [0.3, 0.4) is 0 Å². The van der Waals surface area contributed by atoms with Gasteiger partial charge < -0.3 is 14.4 Å². The van der Waals surface area contributed by atoms with Gasteiger partial charge in [-0.1, -0.05) is 37.3 Å². The van der Waals surface area contributed by atoms with Gasteiger partial charge in [0.15, 0.2) is 0 Å². The number of benzene rings is 1. The molecular formula is C25H35N3O3. The Morgan fingerprint density at radius 3 is 2.65 bits per heavy atom. The molecule has 31 heavy (non-hydrogen) atoms. The third-order valence-corrected chi connectivity index (χ3v) is 7.14. The van der Waals surface area contributed by atoms with Crippen molar-refractivity contribution in [3.63, 3.8) is 0 Å². The average Bonchev–Trinajstić information content (AvgIpc) is 3.31. The summed E-state index contributed by atoms with van der Waals surface area (Å²) in [6.07, 6.45) is 9.27. The van der Waals surface area contributed by atoms with Crippen LogP contribution in [0.5, 0.6) is 0 Å². The number of likely N-dealkylation sites (tertiary alicyclic amines) is 1. The van der Waals surface area contributed by atoms with E-state index in [-0.39, 0.29) is 24.2 Å². The van der Waals surface area contributed by atoms with E-state index >= 15 is 0 Å². The second kappa shape index (κ2) is 10.3. The van der Waals surface area contributed by atoms with E-state index in [1.54, 1.807) is 0 Å². The number of piperidine rings is 1. The molecule has 1 aliphatic carbocycles. The van der Waals surface area contributed by atoms with Crippen molar-refractivity contribution in [1.82, 2.24) is 15.1 Å². The number of aryl methyl sites for hydroxylation is 1. The highest BCUT2D eigenvalue weighted by molar-refractivity contribution is 5.68. The normalized spacial score (nSPS) is 26.6. The van der Waals surface area contributed by atoms with E-state index in [9.17, 15) is 4.79 Å². The predicted octanol–water partition coefficient (Wildman–Crippen LogP) is 5.03. The van der Waals surface area contributed by atoms with Crippen LogP contribution in [0.1, 0.15) is 74.1 Å². The first-order valence-corrected chi connectivity index (χ1v) is 11.7. The minimum Gasteiger partial charge on any atom is -0.453 e. The van der Waals surface area contributed by atoms with Crippen LogP contribution in [0.2, 0.25) is 0 Å². The van der Waals surface area contributed by atoms with Crippen molar-refractivity contribution >= 4 is 6.09 Å². The van der Waals surface area contributed by atoms with Crippen LogP contribution in [0, 0.1) is 0 Å². The number of aromatic amines is 1. The molecule has 168 valence electrons. The lowest BCUT2D eigenvalue weighted by molar-refractivity contribution is -0.0243. The van der Waals surface area contributed by atoms with Gasteiger partial charge in [0.25, 0.3) is 0 Å². The fraction of sp³-hybridized carbons (Fsp3) is 0.600. The van der Waals surface area contributed by atoms with E-state index in [4.69, 9.17) is 9.47 Å². The third-order valence-electron chi connectivity index (χ3n) is 7.14. The third kappa shape index (κ3) is 4.95. The zero-order valence-electron chi connectivity index (χ0n) is 18.8. The molecular weight excluding hydrogens is 390 g/mol. The van der Waals surface area contributed by atoms with Crippen LogP contribution >= 0.6 is 0 Å². The van der Waals surface area contributed by atoms with Crippen molar-refractivity contribution in [2.24, 2.45) is 0 Å². The smallest absolute Gasteiger partial charge is 0.409 e. The number of H-pyrrole nitrogens is 1. The van der Waals surface area contributed by atoms with Crippen molar-refractivity contribution in [2.45, 2.75) is 75.9 Å². The number of hydrogen-bond donors (Lipinski definition) is 1. The Hall–Kier alpha value is -2.34. The Morgan fingerprint density at radius 1 is 1.16 bits per heavy atom. The van der Waals surface area contributed by atoms with Crippen LogP contribution in [-0.4, -0.2) is 53.6 Å². The van der Waals surface area contributed by atoms with Gasteiger partial charge in [0.1, 0.15) is 0 Å². The molecule has 0 radical (unpaired) electrons. The second-order valence-corrected chi connectivity index (χ2v) is 8.86. The van der Waals surface area contributed by atoms with E-state index in [2.05, 4.69) is 47.5 Å². The lowest BCUT2D eigenvalue weighted by Crippen LogP contribution is -2.50. The van der Waals surface area contributed by atoms with Gasteiger partial charge in [-0.05, 0) is 62.0 Å². The zero-order chi connectivity index (χ0) is 21.6. The number of methoxy groups -OCH3 is 1. The molecule has 2 aliphatic rings. The molecule has 4 rings (SSSR count). The van der Waals surface area contributed by atoms with Gasteiger partial charge >= 0.3 is 6.09 Å². The highest BCUT2D eigenvalue weighted by Crippen LogP contribution is 2.37. The molecule has 2 atom stereocenters. The summed E-state index contributed by atoms with van der Waals surface area (Å²) in [4.78, 5) is 14.4. The van der Waals surface area contributed by atoms with Crippen LogP contribution in [-0.2, 0) is 15.9 Å². The lowest BCUT2D eigenvalue weighted by atomic mass is 9.82. The molecule has 1 amide bonds. The number of carbonyl (C=O) groups excluding carboxylic acids is 1. The number of rotatable bonds is 6. The van der Waals surface area contributed by atoms with Gasteiger partial charge in [-0.2, -0.15) is 5.10 Å². The van der Waals surface area contributed by atoms with Gasteiger partial charge in [-0.3, -0.25) is 5.10 Å². The van der Waals surface area contributed by atoms with Gasteiger partial charge in [-0.25, -0.2) is 4.79 Å². The van der Waals surface area contributed by atoms with E-state index in [1.807, 2.05) is 11.1 Å². The Labute approximate surface area is 185 Å². The van der Waals surface area contributed by atoms with Crippen LogP contribution in [0.4, 0.5) is 4.79 Å². The van der Waals surface area contributed by atoms with Crippen LogP contribution in [0.15, 0.2) is 36.5 Å². The molecule has 2 aromatic rings. The van der Waals surface area contributed by atoms with E-state index in [0.29, 0.717) is 19.1 Å². The number of nitrogens with one attached hydrogen (secondary N) is 1. The van der Waals surface area contributed by atoms with Crippen molar-refractivity contribution in [3.05, 3.63) is 53.3 Å². The van der Waals surface area contributed by atoms with Gasteiger partial charge in [0.2, 0.25) is 0 Å². The van der Waals surface area contributed by atoms with Gasteiger partial charge in [0.05, 0.1) is 32.1 Å². The Bertz CT molecular complexity index is 830. The summed E-state index contributed by atoms with van der Waals surface area (Å²) in [7, 11) is 1.46. The van der Waals surface area contributed by atoms with E-state index < -0.39 is 0 Å². The fourth-order valence-corrected chi connectivity index (χ4v) is 5.39. The summed E-state index contributed by atoms with van der Waals surface area (Å²) in [6.45, 7) is 3.40. The van der Waals surface area contributed by atoms with Crippen molar-refractivity contribution in [3.8, 4) is 0 Å². The molecule has 6 nitrogen and oxygen atoms in total. The highest BCUT2D eigenvalue weighted by atomic mass is 16.5. The maximum atomic E-state index is 12.5. The number of nitrogens with zero attached hydrogens (tertiary/aromatic N) is 2. The van der Waals surface area contributed by atoms with Crippen molar-refractivity contribution < 1.29 is 14.3 Å². The van der Waals surface area contributed by atoms with E-state index in [1.165, 1.54) is 18.2 Å². The minimum absolute atomic E-state index is 0.0289. The first-order chi connectivity index (χ1) is 15.2. The maximum Gasteiger partial charge on any atom is 0.409 e. The summed E-state index contributed by atoms with van der Waals surface area (Å²) in [6, 6.07) is 10.8. The number of amides is 1. The molecule has 1 saturated heterocycles. The predicted molar refractivity (Wildman–Crippen MR) is 120 cm³/mol. The number of hydrogen-bond acceptors (Lipinski definition) is 4. The molecule has 2 heterocycles. The van der Waals surface area contributed by atoms with Crippen molar-refractivity contribution in [1.29, 1.82) is 0 Å². The molecule has 1 aliphatic heterocycles. The Morgan fingerprint density at radius 2 is 1.94 bits per heavy atom. The average molecular weight is 426 g/mol. The first kappa shape index (κ1) is 21.9. The lowest BCUT2D eigenvalue weighted by Gasteiger charge is -2.41. The summed E-state index contributed by atoms with van der Waals surface area (Å²) < 4.78 is 11.6. The Balaban J connectivity index is 1.41. The molecule has 0 unspecified atom stereocenters. The summed E-state index contributed by atoms with van der Waals surface area (Å²) in [5.41, 5.74) is 3.82. The first-order valence-electron chi connectivity index (χ1n) is 11.7. The summed E-state index contributed by atoms with van der Waals surface area (Å²) in [5, 5.41) is 7.49. The zero-order valence-corrected chi connectivity index (χ0v) is 18.8.